The van der Waals surface area contributed by atoms with Gasteiger partial charge in [0.15, 0.2) is 6.10 Å². The average Bonchev–Trinajstić information content (AvgIpc) is 3.06. The highest BCUT2D eigenvalue weighted by atomic mass is 16.6. The Kier molecular flexibility index (Phi) is 37.0. The number of unbranched alkanes of at least 4 members (excludes halogenated alkanes) is 27. The monoisotopic (exact) mass is 651 g/mol. The molecule has 0 amide bonds. The highest BCUT2D eigenvalue weighted by Gasteiger charge is 2.16. The number of aliphatic hydroxyl groups is 1. The molecule has 0 heterocycles. The predicted molar refractivity (Wildman–Crippen MR) is 196 cm³/mol. The molecule has 0 aliphatic rings. The van der Waals surface area contributed by atoms with Gasteiger partial charge in [-0.05, 0) is 38.5 Å². The summed E-state index contributed by atoms with van der Waals surface area (Å²) >= 11 is 0. The topological polar surface area (TPSA) is 72.8 Å². The summed E-state index contributed by atoms with van der Waals surface area (Å²) < 4.78 is 10.6. The third kappa shape index (κ3) is 35.5. The summed E-state index contributed by atoms with van der Waals surface area (Å²) in [5, 5.41) is 9.55. The zero-order chi connectivity index (χ0) is 33.6. The number of rotatable bonds is 37. The first kappa shape index (κ1) is 44.6. The van der Waals surface area contributed by atoms with Crippen molar-refractivity contribution in [3.8, 4) is 0 Å². The summed E-state index contributed by atoms with van der Waals surface area (Å²) in [5.74, 6) is -0.585. The van der Waals surface area contributed by atoms with Crippen molar-refractivity contribution in [2.45, 2.75) is 225 Å². The summed E-state index contributed by atoms with van der Waals surface area (Å²) in [5.41, 5.74) is 0. The molecule has 0 bridgehead atoms. The van der Waals surface area contributed by atoms with Gasteiger partial charge in [0.1, 0.15) is 6.61 Å². The first-order valence-corrected chi connectivity index (χ1v) is 20.2. The minimum absolute atomic E-state index is 0.0614. The lowest BCUT2D eigenvalue weighted by molar-refractivity contribution is -0.161. The van der Waals surface area contributed by atoms with Crippen LogP contribution in [-0.4, -0.2) is 36.4 Å². The third-order valence-electron chi connectivity index (χ3n) is 9.06. The Morgan fingerprint density at radius 2 is 0.804 bits per heavy atom. The fourth-order valence-corrected chi connectivity index (χ4v) is 5.96. The molecule has 0 unspecified atom stereocenters. The number of esters is 2. The van der Waals surface area contributed by atoms with E-state index in [0.717, 1.165) is 32.1 Å². The van der Waals surface area contributed by atoms with E-state index in [4.69, 9.17) is 9.47 Å². The molecule has 0 rings (SSSR count). The van der Waals surface area contributed by atoms with Gasteiger partial charge in [0.05, 0.1) is 6.61 Å². The minimum atomic E-state index is -0.766. The van der Waals surface area contributed by atoms with E-state index < -0.39 is 6.10 Å². The maximum atomic E-state index is 12.2. The van der Waals surface area contributed by atoms with Crippen LogP contribution in [0.2, 0.25) is 0 Å². The summed E-state index contributed by atoms with van der Waals surface area (Å²) in [7, 11) is 0. The van der Waals surface area contributed by atoms with Gasteiger partial charge in [-0.1, -0.05) is 180 Å². The van der Waals surface area contributed by atoms with Crippen molar-refractivity contribution in [1.82, 2.24) is 0 Å². The Hall–Kier alpha value is -1.36. The molecular formula is C41H78O5. The van der Waals surface area contributed by atoms with E-state index in [2.05, 4.69) is 26.0 Å². The molecule has 0 aromatic carbocycles. The van der Waals surface area contributed by atoms with Crippen molar-refractivity contribution < 1.29 is 24.2 Å². The molecular weight excluding hydrogens is 572 g/mol. The molecule has 272 valence electrons. The van der Waals surface area contributed by atoms with Gasteiger partial charge in [-0.2, -0.15) is 0 Å². The van der Waals surface area contributed by atoms with Crippen LogP contribution in [0.5, 0.6) is 0 Å². The van der Waals surface area contributed by atoms with Crippen LogP contribution in [0.3, 0.4) is 0 Å². The normalized spacial score (nSPS) is 12.2. The zero-order valence-corrected chi connectivity index (χ0v) is 30.9. The quantitative estimate of drug-likeness (QED) is 0.0411. The van der Waals surface area contributed by atoms with Gasteiger partial charge in [-0.25, -0.2) is 0 Å². The summed E-state index contributed by atoms with van der Waals surface area (Å²) in [4.78, 5) is 24.2. The van der Waals surface area contributed by atoms with Crippen LogP contribution in [0.15, 0.2) is 12.2 Å². The second-order valence-corrected chi connectivity index (χ2v) is 13.7. The average molecular weight is 651 g/mol. The fourth-order valence-electron chi connectivity index (χ4n) is 5.96. The number of aliphatic hydroxyl groups excluding tert-OH is 1. The van der Waals surface area contributed by atoms with E-state index in [1.165, 1.54) is 161 Å². The number of carbonyl (C=O) groups excluding carboxylic acids is 2. The molecule has 5 heteroatoms. The highest BCUT2D eigenvalue weighted by molar-refractivity contribution is 5.70. The number of hydrogen-bond acceptors (Lipinski definition) is 5. The first-order valence-electron chi connectivity index (χ1n) is 20.2. The molecule has 0 aliphatic heterocycles. The Morgan fingerprint density at radius 3 is 1.20 bits per heavy atom. The maximum absolute atomic E-state index is 12.2. The van der Waals surface area contributed by atoms with E-state index >= 15 is 0 Å². The molecule has 1 N–H and O–H groups in total. The lowest BCUT2D eigenvalue weighted by Gasteiger charge is -2.15. The van der Waals surface area contributed by atoms with Crippen LogP contribution in [0, 0.1) is 0 Å². The molecule has 0 saturated heterocycles. The zero-order valence-electron chi connectivity index (χ0n) is 30.9. The molecule has 0 aromatic rings. The number of carbonyl (C=O) groups is 2. The largest absolute Gasteiger partial charge is 0.462 e. The number of allylic oxidation sites excluding steroid dienone is 2. The Bertz CT molecular complexity index is 661. The van der Waals surface area contributed by atoms with Crippen molar-refractivity contribution in [3.05, 3.63) is 12.2 Å². The SMILES string of the molecule is CCCCCC/C=C/CCCCCCCCCC(=O)O[C@@H](CO)COC(=O)CCCCCCCCCCCCCCCCCCC. The second kappa shape index (κ2) is 38.1. The van der Waals surface area contributed by atoms with E-state index in [0.29, 0.717) is 12.8 Å². The molecule has 46 heavy (non-hydrogen) atoms. The van der Waals surface area contributed by atoms with Crippen molar-refractivity contribution in [3.63, 3.8) is 0 Å². The molecule has 0 aromatic heterocycles. The Labute approximate surface area is 286 Å². The van der Waals surface area contributed by atoms with Gasteiger partial charge in [-0.15, -0.1) is 0 Å². The van der Waals surface area contributed by atoms with Crippen LogP contribution < -0.4 is 0 Å². The Balaban J connectivity index is 3.51. The highest BCUT2D eigenvalue weighted by Crippen LogP contribution is 2.15. The van der Waals surface area contributed by atoms with Gasteiger partial charge in [-0.3, -0.25) is 9.59 Å². The standard InChI is InChI=1S/C41H78O5/c1-3-5-7-9-11-13-15-17-19-20-22-23-25-27-29-31-33-35-40(43)45-38-39(37-42)46-41(44)36-34-32-30-28-26-24-21-18-16-14-12-10-8-6-4-2/h14,16,39,42H,3-13,15,17-38H2,1-2H3/b16-14+/t39-/m0/s1. The maximum Gasteiger partial charge on any atom is 0.306 e. The summed E-state index contributed by atoms with van der Waals surface area (Å²) in [6.07, 6.45) is 42.7. The summed E-state index contributed by atoms with van der Waals surface area (Å²) in [6.45, 7) is 4.14. The summed E-state index contributed by atoms with van der Waals surface area (Å²) in [6, 6.07) is 0. The van der Waals surface area contributed by atoms with Gasteiger partial charge < -0.3 is 14.6 Å². The third-order valence-corrected chi connectivity index (χ3v) is 9.06. The smallest absolute Gasteiger partial charge is 0.306 e. The second-order valence-electron chi connectivity index (χ2n) is 13.7. The molecule has 1 atom stereocenters. The molecule has 0 saturated carbocycles. The van der Waals surface area contributed by atoms with Crippen LogP contribution in [0.4, 0.5) is 0 Å². The van der Waals surface area contributed by atoms with E-state index in [-0.39, 0.29) is 25.2 Å². The van der Waals surface area contributed by atoms with Crippen molar-refractivity contribution in [2.24, 2.45) is 0 Å². The fraction of sp³-hybridized carbons (Fsp3) is 0.902. The lowest BCUT2D eigenvalue weighted by Crippen LogP contribution is -2.28. The van der Waals surface area contributed by atoms with Crippen LogP contribution in [0.25, 0.3) is 0 Å². The molecule has 0 aliphatic carbocycles. The van der Waals surface area contributed by atoms with Crippen LogP contribution in [-0.2, 0) is 19.1 Å². The van der Waals surface area contributed by atoms with Crippen LogP contribution >= 0.6 is 0 Å². The lowest BCUT2D eigenvalue weighted by atomic mass is 10.0. The van der Waals surface area contributed by atoms with Gasteiger partial charge in [0.2, 0.25) is 0 Å². The molecule has 0 spiro atoms. The minimum Gasteiger partial charge on any atom is -0.462 e. The first-order chi connectivity index (χ1) is 22.6. The van der Waals surface area contributed by atoms with Crippen molar-refractivity contribution in [1.29, 1.82) is 0 Å². The van der Waals surface area contributed by atoms with E-state index in [1.54, 1.807) is 0 Å². The number of hydrogen-bond donors (Lipinski definition) is 1. The molecule has 0 fully saturated rings. The van der Waals surface area contributed by atoms with Gasteiger partial charge in [0, 0.05) is 12.8 Å². The number of ether oxygens (including phenoxy) is 2. The molecule has 0 radical (unpaired) electrons. The van der Waals surface area contributed by atoms with Gasteiger partial charge in [0.25, 0.3) is 0 Å². The van der Waals surface area contributed by atoms with Crippen LogP contribution in [0.1, 0.15) is 219 Å². The van der Waals surface area contributed by atoms with Crippen molar-refractivity contribution in [2.75, 3.05) is 13.2 Å². The Morgan fingerprint density at radius 1 is 0.478 bits per heavy atom. The van der Waals surface area contributed by atoms with E-state index in [1.807, 2.05) is 0 Å². The molecule has 5 nitrogen and oxygen atoms in total. The van der Waals surface area contributed by atoms with Gasteiger partial charge >= 0.3 is 11.9 Å². The van der Waals surface area contributed by atoms with Crippen molar-refractivity contribution >= 4 is 11.9 Å². The van der Waals surface area contributed by atoms with E-state index in [9.17, 15) is 14.7 Å². The predicted octanol–water partition coefficient (Wildman–Crippen LogP) is 12.5.